The van der Waals surface area contributed by atoms with Gasteiger partial charge in [-0.2, -0.15) is 0 Å². The molecule has 0 spiro atoms. The Labute approximate surface area is 131 Å². The molecule has 1 nitrogen and oxygen atoms in total. The van der Waals surface area contributed by atoms with Crippen molar-refractivity contribution in [1.29, 1.82) is 0 Å². The third kappa shape index (κ3) is 3.12. The summed E-state index contributed by atoms with van der Waals surface area (Å²) in [4.78, 5) is 0. The molecule has 3 atom stereocenters. The van der Waals surface area contributed by atoms with Gasteiger partial charge < -0.3 is 5.32 Å². The number of hydrogen-bond acceptors (Lipinski definition) is 1. The molecule has 3 unspecified atom stereocenters. The molecule has 3 rings (SSSR count). The fourth-order valence-electron chi connectivity index (χ4n) is 3.88. The molecule has 0 aliphatic heterocycles. The lowest BCUT2D eigenvalue weighted by molar-refractivity contribution is 0.162. The van der Waals surface area contributed by atoms with Crippen molar-refractivity contribution in [3.8, 4) is 0 Å². The van der Waals surface area contributed by atoms with Crippen LogP contribution in [0.25, 0.3) is 0 Å². The van der Waals surface area contributed by atoms with Gasteiger partial charge in [0.15, 0.2) is 0 Å². The Kier molecular flexibility index (Phi) is 4.52. The Bertz CT molecular complexity index is 435. The number of benzene rings is 1. The Morgan fingerprint density at radius 2 is 1.75 bits per heavy atom. The third-order valence-electron chi connectivity index (χ3n) is 5.64. The second kappa shape index (κ2) is 6.19. The zero-order chi connectivity index (χ0) is 14.1. The molecule has 2 saturated carbocycles. The van der Waals surface area contributed by atoms with Gasteiger partial charge in [-0.25, -0.2) is 0 Å². The second-order valence-corrected chi connectivity index (χ2v) is 7.87. The van der Waals surface area contributed by atoms with E-state index >= 15 is 0 Å². The van der Waals surface area contributed by atoms with E-state index in [9.17, 15) is 0 Å². The van der Waals surface area contributed by atoms with Gasteiger partial charge in [0.1, 0.15) is 0 Å². The van der Waals surface area contributed by atoms with Crippen molar-refractivity contribution in [2.75, 3.05) is 0 Å². The minimum absolute atomic E-state index is 0.751. The monoisotopic (exact) mass is 335 g/mol. The molecule has 110 valence electrons. The van der Waals surface area contributed by atoms with Crippen LogP contribution in [0.2, 0.25) is 0 Å². The van der Waals surface area contributed by atoms with Crippen LogP contribution >= 0.6 is 15.9 Å². The first-order valence-corrected chi connectivity index (χ1v) is 8.94. The predicted octanol–water partition coefficient (Wildman–Crippen LogP) is 5.11. The number of halogens is 1. The van der Waals surface area contributed by atoms with Crippen LogP contribution in [0.5, 0.6) is 0 Å². The van der Waals surface area contributed by atoms with Gasteiger partial charge in [-0.15, -0.1) is 0 Å². The van der Waals surface area contributed by atoms with Crippen molar-refractivity contribution in [1.82, 2.24) is 5.32 Å². The maximum atomic E-state index is 3.94. The van der Waals surface area contributed by atoms with Crippen LogP contribution in [-0.2, 0) is 0 Å². The van der Waals surface area contributed by atoms with Crippen molar-refractivity contribution in [3.63, 3.8) is 0 Å². The summed E-state index contributed by atoms with van der Waals surface area (Å²) in [5.74, 6) is 2.51. The summed E-state index contributed by atoms with van der Waals surface area (Å²) in [6.07, 6.45) is 6.85. The Morgan fingerprint density at radius 1 is 1.05 bits per heavy atom. The Balaban J connectivity index is 1.49. The second-order valence-electron chi connectivity index (χ2n) is 6.96. The van der Waals surface area contributed by atoms with Gasteiger partial charge in [-0.05, 0) is 54.7 Å². The highest BCUT2D eigenvalue weighted by Crippen LogP contribution is 2.39. The lowest BCUT2D eigenvalue weighted by atomic mass is 9.73. The fraction of sp³-hybridized carbons (Fsp3) is 0.667. The van der Waals surface area contributed by atoms with Crippen LogP contribution in [0.1, 0.15) is 57.4 Å². The van der Waals surface area contributed by atoms with Gasteiger partial charge in [0.05, 0.1) is 0 Å². The number of nitrogens with one attached hydrogen (secondary N) is 1. The molecule has 2 fully saturated rings. The summed E-state index contributed by atoms with van der Waals surface area (Å²) >= 11 is 3.51. The minimum atomic E-state index is 0.751. The summed E-state index contributed by atoms with van der Waals surface area (Å²) in [6.45, 7) is 4.86. The Morgan fingerprint density at radius 3 is 2.45 bits per heavy atom. The molecular formula is C18H26BrN. The van der Waals surface area contributed by atoms with Gasteiger partial charge in [0.25, 0.3) is 0 Å². The minimum Gasteiger partial charge on any atom is -0.311 e. The summed E-state index contributed by atoms with van der Waals surface area (Å²) in [5, 5.41) is 3.94. The maximum Gasteiger partial charge on any atom is 0.0175 e. The van der Waals surface area contributed by atoms with E-state index in [1.807, 2.05) is 0 Å². The van der Waals surface area contributed by atoms with Crippen LogP contribution in [0.4, 0.5) is 0 Å². The SMILES string of the molecule is CC1CCCC(NC2CC(c3ccc(Br)cc3)C2)C1C. The topological polar surface area (TPSA) is 12.0 Å². The summed E-state index contributed by atoms with van der Waals surface area (Å²) in [7, 11) is 0. The molecule has 1 N–H and O–H groups in total. The van der Waals surface area contributed by atoms with Crippen molar-refractivity contribution in [3.05, 3.63) is 34.3 Å². The standard InChI is InChI=1S/C18H26BrN/c1-12-4-3-5-18(13(12)2)20-17-10-15(11-17)14-6-8-16(19)9-7-14/h6-9,12-13,15,17-18,20H,3-5,10-11H2,1-2H3. The van der Waals surface area contributed by atoms with Gasteiger partial charge >= 0.3 is 0 Å². The lowest BCUT2D eigenvalue weighted by Gasteiger charge is -2.43. The van der Waals surface area contributed by atoms with Crippen molar-refractivity contribution in [2.45, 2.75) is 64.0 Å². The van der Waals surface area contributed by atoms with E-state index in [-0.39, 0.29) is 0 Å². The first-order chi connectivity index (χ1) is 9.63. The number of rotatable bonds is 3. The Hall–Kier alpha value is -0.340. The van der Waals surface area contributed by atoms with Gasteiger partial charge in [-0.1, -0.05) is 54.8 Å². The zero-order valence-electron chi connectivity index (χ0n) is 12.6. The average molecular weight is 336 g/mol. The molecule has 0 bridgehead atoms. The molecule has 20 heavy (non-hydrogen) atoms. The van der Waals surface area contributed by atoms with Crippen LogP contribution < -0.4 is 5.32 Å². The molecule has 2 heteroatoms. The number of hydrogen-bond donors (Lipinski definition) is 1. The quantitative estimate of drug-likeness (QED) is 0.809. The van der Waals surface area contributed by atoms with Gasteiger partial charge in [0, 0.05) is 16.6 Å². The maximum absolute atomic E-state index is 3.94. The lowest BCUT2D eigenvalue weighted by Crippen LogP contribution is -2.50. The molecule has 1 aromatic rings. The van der Waals surface area contributed by atoms with E-state index in [1.165, 1.54) is 42.1 Å². The first-order valence-electron chi connectivity index (χ1n) is 8.15. The third-order valence-corrected chi connectivity index (χ3v) is 6.16. The van der Waals surface area contributed by atoms with E-state index in [2.05, 4.69) is 59.4 Å². The first kappa shape index (κ1) is 14.6. The van der Waals surface area contributed by atoms with Crippen molar-refractivity contribution < 1.29 is 0 Å². The molecule has 0 heterocycles. The molecule has 0 amide bonds. The summed E-state index contributed by atoms with van der Waals surface area (Å²) in [6, 6.07) is 10.4. The normalized spacial score (nSPS) is 37.5. The van der Waals surface area contributed by atoms with Gasteiger partial charge in [-0.3, -0.25) is 0 Å². The average Bonchev–Trinajstić information content (AvgIpc) is 2.39. The molecule has 2 aliphatic rings. The van der Waals surface area contributed by atoms with Crippen molar-refractivity contribution >= 4 is 15.9 Å². The molecule has 0 radical (unpaired) electrons. The van der Waals surface area contributed by atoms with E-state index in [4.69, 9.17) is 0 Å². The summed E-state index contributed by atoms with van der Waals surface area (Å²) in [5.41, 5.74) is 1.51. The molecular weight excluding hydrogens is 310 g/mol. The molecule has 0 saturated heterocycles. The van der Waals surface area contributed by atoms with Crippen LogP contribution in [0.3, 0.4) is 0 Å². The van der Waals surface area contributed by atoms with Crippen LogP contribution in [0, 0.1) is 11.8 Å². The van der Waals surface area contributed by atoms with Crippen LogP contribution in [-0.4, -0.2) is 12.1 Å². The van der Waals surface area contributed by atoms with Crippen molar-refractivity contribution in [2.24, 2.45) is 11.8 Å². The molecule has 2 aliphatic carbocycles. The highest BCUT2D eigenvalue weighted by molar-refractivity contribution is 9.10. The highest BCUT2D eigenvalue weighted by atomic mass is 79.9. The zero-order valence-corrected chi connectivity index (χ0v) is 14.2. The van der Waals surface area contributed by atoms with Crippen LogP contribution in [0.15, 0.2) is 28.7 Å². The van der Waals surface area contributed by atoms with E-state index in [1.54, 1.807) is 0 Å². The molecule has 0 aromatic heterocycles. The molecule has 1 aromatic carbocycles. The van der Waals surface area contributed by atoms with E-state index in [0.29, 0.717) is 0 Å². The fourth-order valence-corrected chi connectivity index (χ4v) is 4.15. The highest BCUT2D eigenvalue weighted by Gasteiger charge is 2.34. The summed E-state index contributed by atoms with van der Waals surface area (Å²) < 4.78 is 1.18. The van der Waals surface area contributed by atoms with E-state index < -0.39 is 0 Å². The smallest absolute Gasteiger partial charge is 0.0175 e. The van der Waals surface area contributed by atoms with Gasteiger partial charge in [0.2, 0.25) is 0 Å². The predicted molar refractivity (Wildman–Crippen MR) is 89.0 cm³/mol. The van der Waals surface area contributed by atoms with E-state index in [0.717, 1.165) is 29.8 Å². The largest absolute Gasteiger partial charge is 0.311 e.